The van der Waals surface area contributed by atoms with Crippen molar-refractivity contribution in [1.82, 2.24) is 14.8 Å². The van der Waals surface area contributed by atoms with Crippen LogP contribution < -0.4 is 10.1 Å². The zero-order valence-corrected chi connectivity index (χ0v) is 19.5. The predicted octanol–water partition coefficient (Wildman–Crippen LogP) is 4.86. The van der Waals surface area contributed by atoms with Crippen LogP contribution in [0.4, 0.5) is 10.8 Å². The average Bonchev–Trinajstić information content (AvgIpc) is 3.50. The number of methoxy groups -OCH3 is 1. The van der Waals surface area contributed by atoms with E-state index in [9.17, 15) is 4.79 Å². The summed E-state index contributed by atoms with van der Waals surface area (Å²) in [6, 6.07) is 9.61. The van der Waals surface area contributed by atoms with Crippen LogP contribution in [0.1, 0.15) is 34.6 Å². The maximum Gasteiger partial charge on any atom is 0.210 e. The van der Waals surface area contributed by atoms with Gasteiger partial charge in [-0.1, -0.05) is 29.2 Å². The molecule has 1 N–H and O–H groups in total. The molecule has 0 bridgehead atoms. The van der Waals surface area contributed by atoms with Crippen LogP contribution in [-0.4, -0.2) is 46.1 Å². The number of Topliss-reactive ketones (excluding diaryl/α,β-unsaturated/α-hetero) is 1. The van der Waals surface area contributed by atoms with Crippen LogP contribution in [0.25, 0.3) is 0 Å². The van der Waals surface area contributed by atoms with E-state index in [0.717, 1.165) is 58.7 Å². The van der Waals surface area contributed by atoms with Crippen LogP contribution in [-0.2, 0) is 11.3 Å². The number of carbonyl (C=O) groups excluding carboxylic acids is 1. The lowest BCUT2D eigenvalue weighted by molar-refractivity contribution is 0.0957. The Morgan fingerprint density at radius 1 is 1.35 bits per heavy atom. The Morgan fingerprint density at radius 2 is 2.23 bits per heavy atom. The molecule has 0 radical (unpaired) electrons. The number of aromatic nitrogens is 3. The molecule has 4 rings (SSSR count). The molecule has 164 valence electrons. The van der Waals surface area contributed by atoms with Crippen molar-refractivity contribution in [2.75, 3.05) is 24.8 Å². The molecule has 0 spiro atoms. The summed E-state index contributed by atoms with van der Waals surface area (Å²) in [4.78, 5) is 12.9. The summed E-state index contributed by atoms with van der Waals surface area (Å²) in [5.41, 5.74) is 3.77. The monoisotopic (exact) mass is 458 g/mol. The quantitative estimate of drug-likeness (QED) is 0.362. The highest BCUT2D eigenvalue weighted by Crippen LogP contribution is 2.30. The normalized spacial score (nSPS) is 15.9. The second-order valence-electron chi connectivity index (χ2n) is 7.47. The first kappa shape index (κ1) is 21.9. The zero-order valence-electron chi connectivity index (χ0n) is 17.9. The number of carbonyl (C=O) groups is 1. The van der Waals surface area contributed by atoms with Gasteiger partial charge in [0.25, 0.3) is 0 Å². The Hall–Kier alpha value is -2.36. The van der Waals surface area contributed by atoms with Crippen molar-refractivity contribution in [2.45, 2.75) is 43.7 Å². The molecule has 0 saturated carbocycles. The minimum Gasteiger partial charge on any atom is -0.497 e. The lowest BCUT2D eigenvalue weighted by Crippen LogP contribution is -2.17. The van der Waals surface area contributed by atoms with Crippen LogP contribution in [0.3, 0.4) is 0 Å². The van der Waals surface area contributed by atoms with Gasteiger partial charge < -0.3 is 19.4 Å². The highest BCUT2D eigenvalue weighted by Gasteiger charge is 2.21. The first-order valence-electron chi connectivity index (χ1n) is 10.2. The number of thioether (sulfide) groups is 1. The average molecular weight is 459 g/mol. The van der Waals surface area contributed by atoms with Crippen molar-refractivity contribution >= 4 is 39.7 Å². The van der Waals surface area contributed by atoms with E-state index in [4.69, 9.17) is 9.47 Å². The summed E-state index contributed by atoms with van der Waals surface area (Å²) >= 11 is 2.84. The molecule has 1 aliphatic rings. The van der Waals surface area contributed by atoms with Crippen molar-refractivity contribution in [2.24, 2.45) is 0 Å². The first-order chi connectivity index (χ1) is 15.0. The third-order valence-electron chi connectivity index (χ3n) is 5.34. The van der Waals surface area contributed by atoms with Crippen LogP contribution in [0.5, 0.6) is 5.75 Å². The van der Waals surface area contributed by atoms with Gasteiger partial charge in [-0.2, -0.15) is 0 Å². The molecule has 0 unspecified atom stereocenters. The van der Waals surface area contributed by atoms with Crippen molar-refractivity contribution in [1.29, 1.82) is 0 Å². The Balaban J connectivity index is 1.36. The second-order valence-corrected chi connectivity index (χ2v) is 9.67. The molecule has 1 aromatic carbocycles. The van der Waals surface area contributed by atoms with Gasteiger partial charge in [0.15, 0.2) is 10.1 Å². The van der Waals surface area contributed by atoms with Crippen molar-refractivity contribution in [3.8, 4) is 5.75 Å². The molecular weight excluding hydrogens is 432 g/mol. The smallest absolute Gasteiger partial charge is 0.210 e. The molecule has 0 aliphatic carbocycles. The van der Waals surface area contributed by atoms with Crippen LogP contribution in [0, 0.1) is 13.8 Å². The number of hydrogen-bond donors (Lipinski definition) is 1. The van der Waals surface area contributed by atoms with Crippen molar-refractivity contribution in [3.63, 3.8) is 0 Å². The van der Waals surface area contributed by atoms with Gasteiger partial charge in [0.1, 0.15) is 5.75 Å². The van der Waals surface area contributed by atoms with Gasteiger partial charge in [0.05, 0.1) is 19.0 Å². The number of rotatable bonds is 9. The van der Waals surface area contributed by atoms with Crippen LogP contribution in [0.15, 0.2) is 34.7 Å². The van der Waals surface area contributed by atoms with Crippen molar-refractivity contribution in [3.05, 3.63) is 47.3 Å². The fraction of sp³-hybridized carbons (Fsp3) is 0.409. The lowest BCUT2D eigenvalue weighted by Gasteiger charge is -2.14. The molecule has 1 saturated heterocycles. The number of anilines is 2. The molecule has 3 aromatic rings. The summed E-state index contributed by atoms with van der Waals surface area (Å²) < 4.78 is 14.0. The van der Waals surface area contributed by atoms with Crippen LogP contribution in [0.2, 0.25) is 0 Å². The predicted molar refractivity (Wildman–Crippen MR) is 124 cm³/mol. The van der Waals surface area contributed by atoms with E-state index in [0.29, 0.717) is 10.9 Å². The van der Waals surface area contributed by atoms with E-state index in [-0.39, 0.29) is 11.9 Å². The fourth-order valence-electron chi connectivity index (χ4n) is 3.70. The Kier molecular flexibility index (Phi) is 6.94. The largest absolute Gasteiger partial charge is 0.497 e. The van der Waals surface area contributed by atoms with Gasteiger partial charge in [-0.25, -0.2) is 0 Å². The highest BCUT2D eigenvalue weighted by atomic mass is 32.2. The Morgan fingerprint density at radius 3 is 3.00 bits per heavy atom. The van der Waals surface area contributed by atoms with E-state index >= 15 is 0 Å². The number of nitrogens with zero attached hydrogens (tertiary/aromatic N) is 3. The number of hydrogen-bond acceptors (Lipinski definition) is 8. The molecule has 1 fully saturated rings. The molecular formula is C22H26N4O3S2. The van der Waals surface area contributed by atoms with Gasteiger partial charge in [0, 0.05) is 41.9 Å². The number of benzene rings is 1. The van der Waals surface area contributed by atoms with Gasteiger partial charge >= 0.3 is 0 Å². The molecule has 0 amide bonds. The van der Waals surface area contributed by atoms with Crippen molar-refractivity contribution < 1.29 is 14.3 Å². The topological polar surface area (TPSA) is 78.3 Å². The first-order valence-corrected chi connectivity index (χ1v) is 12.0. The maximum absolute atomic E-state index is 12.9. The van der Waals surface area contributed by atoms with E-state index in [1.54, 1.807) is 7.11 Å². The third-order valence-corrected chi connectivity index (χ3v) is 7.31. The highest BCUT2D eigenvalue weighted by molar-refractivity contribution is 8.01. The Labute approximate surface area is 190 Å². The van der Waals surface area contributed by atoms with Gasteiger partial charge in [-0.15, -0.1) is 10.2 Å². The molecule has 9 heteroatoms. The third kappa shape index (κ3) is 5.28. The summed E-state index contributed by atoms with van der Waals surface area (Å²) in [7, 11) is 1.63. The zero-order chi connectivity index (χ0) is 21.8. The number of nitrogens with one attached hydrogen (secondary N) is 1. The minimum atomic E-state index is 0.106. The van der Waals surface area contributed by atoms with Gasteiger partial charge in [0.2, 0.25) is 5.13 Å². The number of ether oxygens (including phenoxy) is 2. The number of aryl methyl sites for hydroxylation is 1. The van der Waals surface area contributed by atoms with E-state index in [2.05, 4.69) is 20.1 Å². The fourth-order valence-corrected chi connectivity index (χ4v) is 5.36. The SMILES string of the molecule is COc1cccc(Nc2nnc(SCC(=O)c3cc(C)n(C[C@@H]4CCCO4)c3C)s2)c1. The summed E-state index contributed by atoms with van der Waals surface area (Å²) in [6.07, 6.45) is 2.45. The minimum absolute atomic E-state index is 0.106. The number of ketones is 1. The molecule has 3 heterocycles. The van der Waals surface area contributed by atoms with E-state index in [1.807, 2.05) is 44.2 Å². The molecule has 7 nitrogen and oxygen atoms in total. The maximum atomic E-state index is 12.9. The summed E-state index contributed by atoms with van der Waals surface area (Å²) in [6.45, 7) is 5.71. The lowest BCUT2D eigenvalue weighted by atomic mass is 10.2. The standard InChI is InChI=1S/C22H26N4O3S2/c1-14-10-19(15(2)26(14)12-18-8-5-9-29-18)20(27)13-30-22-25-24-21(31-22)23-16-6-4-7-17(11-16)28-3/h4,6-7,10-11,18H,5,8-9,12-13H2,1-3H3,(H,23,24)/t18-/m0/s1. The summed E-state index contributed by atoms with van der Waals surface area (Å²) in [5.74, 6) is 1.21. The molecule has 1 atom stereocenters. The summed E-state index contributed by atoms with van der Waals surface area (Å²) in [5, 5.41) is 12.3. The van der Waals surface area contributed by atoms with Gasteiger partial charge in [-0.05, 0) is 44.9 Å². The van der Waals surface area contributed by atoms with E-state index in [1.165, 1.54) is 23.1 Å². The molecule has 1 aliphatic heterocycles. The van der Waals surface area contributed by atoms with Crippen LogP contribution >= 0.6 is 23.1 Å². The van der Waals surface area contributed by atoms with E-state index < -0.39 is 0 Å². The second kappa shape index (κ2) is 9.84. The Bertz CT molecular complexity index is 1060. The van der Waals surface area contributed by atoms with Gasteiger partial charge in [-0.3, -0.25) is 4.79 Å². The molecule has 31 heavy (non-hydrogen) atoms. The molecule has 2 aromatic heterocycles.